The molecule has 20 heavy (non-hydrogen) atoms. The van der Waals surface area contributed by atoms with Gasteiger partial charge in [0.1, 0.15) is 0 Å². The Hall–Kier alpha value is -1.43. The van der Waals surface area contributed by atoms with Gasteiger partial charge < -0.3 is 10.6 Å². The van der Waals surface area contributed by atoms with Crippen LogP contribution >= 0.6 is 0 Å². The number of nitrogens with one attached hydrogen (secondary N) is 2. The number of hydrogen-bond donors (Lipinski definition) is 2. The Bertz CT molecular complexity index is 411. The maximum absolute atomic E-state index is 11.9. The van der Waals surface area contributed by atoms with Crippen LogP contribution in [0.25, 0.3) is 0 Å². The summed E-state index contributed by atoms with van der Waals surface area (Å²) in [5.74, 6) is -0.110. The highest BCUT2D eigenvalue weighted by Gasteiger charge is 2.18. The van der Waals surface area contributed by atoms with Crippen molar-refractivity contribution >= 4 is 5.91 Å². The zero-order valence-corrected chi connectivity index (χ0v) is 12.3. The number of amides is 1. The number of rotatable bonds is 7. The summed E-state index contributed by atoms with van der Waals surface area (Å²) in [6, 6.07) is 0.370. The standard InChI is InChI=1S/C14H25N5O/c1-2-3-4-5-8-16-14(20)13-11-19(18-17-13)12-6-9-15-10-7-12/h11-12,15H,2-10H2,1H3,(H,16,20). The molecule has 0 spiro atoms. The van der Waals surface area contributed by atoms with E-state index in [4.69, 9.17) is 0 Å². The molecule has 1 amide bonds. The van der Waals surface area contributed by atoms with Crippen LogP contribution in [0.4, 0.5) is 0 Å². The zero-order chi connectivity index (χ0) is 14.2. The molecule has 1 aliphatic heterocycles. The second-order valence-electron chi connectivity index (χ2n) is 5.38. The first-order valence-corrected chi connectivity index (χ1v) is 7.72. The molecule has 0 radical (unpaired) electrons. The molecule has 0 aromatic carbocycles. The molecule has 0 saturated carbocycles. The van der Waals surface area contributed by atoms with Crippen LogP contribution in [0.5, 0.6) is 0 Å². The molecule has 2 heterocycles. The van der Waals surface area contributed by atoms with E-state index in [0.717, 1.165) is 38.9 Å². The Morgan fingerprint density at radius 3 is 2.95 bits per heavy atom. The normalized spacial score (nSPS) is 16.2. The maximum Gasteiger partial charge on any atom is 0.273 e. The van der Waals surface area contributed by atoms with Gasteiger partial charge in [0.15, 0.2) is 5.69 Å². The van der Waals surface area contributed by atoms with Crippen molar-refractivity contribution < 1.29 is 4.79 Å². The number of carbonyl (C=O) groups is 1. The fraction of sp³-hybridized carbons (Fsp3) is 0.786. The van der Waals surface area contributed by atoms with E-state index in [1.807, 2.05) is 4.68 Å². The van der Waals surface area contributed by atoms with Gasteiger partial charge in [0, 0.05) is 6.54 Å². The Balaban J connectivity index is 1.77. The van der Waals surface area contributed by atoms with E-state index in [1.165, 1.54) is 19.3 Å². The fourth-order valence-electron chi connectivity index (χ4n) is 2.47. The summed E-state index contributed by atoms with van der Waals surface area (Å²) >= 11 is 0. The van der Waals surface area contributed by atoms with E-state index in [2.05, 4.69) is 27.9 Å². The molecule has 1 aromatic rings. The van der Waals surface area contributed by atoms with Gasteiger partial charge in [-0.3, -0.25) is 4.79 Å². The van der Waals surface area contributed by atoms with Crippen LogP contribution in [0, 0.1) is 0 Å². The van der Waals surface area contributed by atoms with Gasteiger partial charge >= 0.3 is 0 Å². The predicted molar refractivity (Wildman–Crippen MR) is 77.6 cm³/mol. The first-order chi connectivity index (χ1) is 9.81. The summed E-state index contributed by atoms with van der Waals surface area (Å²) in [5, 5.41) is 14.3. The SMILES string of the molecule is CCCCCCNC(=O)c1cn(C2CCNCC2)nn1. The lowest BCUT2D eigenvalue weighted by Crippen LogP contribution is -2.29. The van der Waals surface area contributed by atoms with Crippen molar-refractivity contribution in [3.8, 4) is 0 Å². The third kappa shape index (κ3) is 4.30. The molecule has 1 saturated heterocycles. The topological polar surface area (TPSA) is 71.8 Å². The summed E-state index contributed by atoms with van der Waals surface area (Å²) in [5.41, 5.74) is 0.430. The van der Waals surface area contributed by atoms with Gasteiger partial charge in [-0.2, -0.15) is 0 Å². The van der Waals surface area contributed by atoms with E-state index >= 15 is 0 Å². The summed E-state index contributed by atoms with van der Waals surface area (Å²) in [6.07, 6.45) is 8.49. The quantitative estimate of drug-likeness (QED) is 0.742. The molecule has 0 bridgehead atoms. The highest BCUT2D eigenvalue weighted by atomic mass is 16.2. The average Bonchev–Trinajstić information content (AvgIpc) is 2.98. The van der Waals surface area contributed by atoms with Gasteiger partial charge in [0.25, 0.3) is 5.91 Å². The fourth-order valence-corrected chi connectivity index (χ4v) is 2.47. The van der Waals surface area contributed by atoms with Crippen molar-refractivity contribution in [1.29, 1.82) is 0 Å². The smallest absolute Gasteiger partial charge is 0.273 e. The lowest BCUT2D eigenvalue weighted by atomic mass is 10.1. The summed E-state index contributed by atoms with van der Waals surface area (Å²) in [6.45, 7) is 4.91. The molecular weight excluding hydrogens is 254 g/mol. The lowest BCUT2D eigenvalue weighted by Gasteiger charge is -2.22. The Morgan fingerprint density at radius 1 is 1.40 bits per heavy atom. The molecule has 0 atom stereocenters. The molecule has 6 heteroatoms. The lowest BCUT2D eigenvalue weighted by molar-refractivity contribution is 0.0948. The van der Waals surface area contributed by atoms with Crippen LogP contribution in [0.1, 0.15) is 62.0 Å². The van der Waals surface area contributed by atoms with Crippen molar-refractivity contribution in [3.05, 3.63) is 11.9 Å². The van der Waals surface area contributed by atoms with E-state index < -0.39 is 0 Å². The Kier molecular flexibility index (Phi) is 5.98. The van der Waals surface area contributed by atoms with Crippen molar-refractivity contribution in [2.24, 2.45) is 0 Å². The Labute approximate surface area is 120 Å². The highest BCUT2D eigenvalue weighted by molar-refractivity contribution is 5.91. The molecule has 2 N–H and O–H groups in total. The number of aromatic nitrogens is 3. The second kappa shape index (κ2) is 7.99. The minimum atomic E-state index is -0.110. The van der Waals surface area contributed by atoms with Gasteiger partial charge in [0.2, 0.25) is 0 Å². The predicted octanol–water partition coefficient (Wildman–Crippen LogP) is 1.51. The van der Waals surface area contributed by atoms with Crippen LogP contribution in [0.2, 0.25) is 0 Å². The van der Waals surface area contributed by atoms with Crippen LogP contribution in [-0.4, -0.2) is 40.5 Å². The number of carbonyl (C=O) groups excluding carboxylic acids is 1. The third-order valence-corrected chi connectivity index (χ3v) is 3.74. The molecule has 112 valence electrons. The number of nitrogens with zero attached hydrogens (tertiary/aromatic N) is 3. The maximum atomic E-state index is 11.9. The van der Waals surface area contributed by atoms with Crippen molar-refractivity contribution in [2.75, 3.05) is 19.6 Å². The number of unbranched alkanes of at least 4 members (excludes halogenated alkanes) is 3. The van der Waals surface area contributed by atoms with Gasteiger partial charge in [-0.15, -0.1) is 5.10 Å². The molecule has 0 aliphatic carbocycles. The van der Waals surface area contributed by atoms with Crippen molar-refractivity contribution in [2.45, 2.75) is 51.5 Å². The van der Waals surface area contributed by atoms with Crippen molar-refractivity contribution in [3.63, 3.8) is 0 Å². The van der Waals surface area contributed by atoms with E-state index in [1.54, 1.807) is 6.20 Å². The van der Waals surface area contributed by atoms with Crippen LogP contribution in [0.3, 0.4) is 0 Å². The molecule has 2 rings (SSSR count). The number of piperidine rings is 1. The summed E-state index contributed by atoms with van der Waals surface area (Å²) in [7, 11) is 0. The highest BCUT2D eigenvalue weighted by Crippen LogP contribution is 2.16. The molecular formula is C14H25N5O. The molecule has 1 aliphatic rings. The van der Waals surface area contributed by atoms with Crippen LogP contribution in [-0.2, 0) is 0 Å². The van der Waals surface area contributed by atoms with E-state index in [0.29, 0.717) is 11.7 Å². The van der Waals surface area contributed by atoms with Crippen molar-refractivity contribution in [1.82, 2.24) is 25.6 Å². The monoisotopic (exact) mass is 279 g/mol. The second-order valence-corrected chi connectivity index (χ2v) is 5.38. The summed E-state index contributed by atoms with van der Waals surface area (Å²) < 4.78 is 1.84. The Morgan fingerprint density at radius 2 is 2.20 bits per heavy atom. The van der Waals surface area contributed by atoms with Gasteiger partial charge in [-0.05, 0) is 32.4 Å². The minimum Gasteiger partial charge on any atom is -0.351 e. The van der Waals surface area contributed by atoms with Crippen LogP contribution < -0.4 is 10.6 Å². The first kappa shape index (κ1) is 15.0. The van der Waals surface area contributed by atoms with Gasteiger partial charge in [0.05, 0.1) is 12.2 Å². The first-order valence-electron chi connectivity index (χ1n) is 7.72. The molecule has 0 unspecified atom stereocenters. The molecule has 1 aromatic heterocycles. The van der Waals surface area contributed by atoms with Gasteiger partial charge in [-0.25, -0.2) is 4.68 Å². The van der Waals surface area contributed by atoms with E-state index in [9.17, 15) is 4.79 Å². The summed E-state index contributed by atoms with van der Waals surface area (Å²) in [4.78, 5) is 11.9. The average molecular weight is 279 g/mol. The van der Waals surface area contributed by atoms with Gasteiger partial charge in [-0.1, -0.05) is 31.4 Å². The molecule has 6 nitrogen and oxygen atoms in total. The van der Waals surface area contributed by atoms with Crippen LogP contribution in [0.15, 0.2) is 6.20 Å². The zero-order valence-electron chi connectivity index (χ0n) is 12.3. The minimum absolute atomic E-state index is 0.110. The largest absolute Gasteiger partial charge is 0.351 e. The third-order valence-electron chi connectivity index (χ3n) is 3.74. The van der Waals surface area contributed by atoms with E-state index in [-0.39, 0.29) is 5.91 Å². The number of hydrogen-bond acceptors (Lipinski definition) is 4. The molecule has 1 fully saturated rings.